The highest BCUT2D eigenvalue weighted by Crippen LogP contribution is 2.35. The van der Waals surface area contributed by atoms with Gasteiger partial charge in [0.2, 0.25) is 5.75 Å². The number of hydrogen-bond acceptors (Lipinski definition) is 5. The van der Waals surface area contributed by atoms with Gasteiger partial charge >= 0.3 is 5.69 Å². The number of nitrogens with zero attached hydrogens (tertiary/aromatic N) is 2. The Hall–Kier alpha value is -1.40. The number of nitrogens with two attached hydrogens (primary N) is 1. The highest BCUT2D eigenvalue weighted by Gasteiger charge is 2.31. The minimum atomic E-state index is -0.563. The van der Waals surface area contributed by atoms with Gasteiger partial charge in [-0.3, -0.25) is 15.1 Å². The number of pyridine rings is 1. The Morgan fingerprint density at radius 3 is 2.78 bits per heavy atom. The van der Waals surface area contributed by atoms with Gasteiger partial charge in [-0.25, -0.2) is 0 Å². The molecule has 0 aliphatic heterocycles. The van der Waals surface area contributed by atoms with E-state index in [9.17, 15) is 10.1 Å². The van der Waals surface area contributed by atoms with Crippen LogP contribution in [0.2, 0.25) is 5.02 Å². The summed E-state index contributed by atoms with van der Waals surface area (Å²) in [7, 11) is 0. The summed E-state index contributed by atoms with van der Waals surface area (Å²) in [5.74, 6) is 0.0494. The Balaban J connectivity index is 2.15. The third kappa shape index (κ3) is 2.70. The lowest BCUT2D eigenvalue weighted by Gasteiger charge is -2.23. The lowest BCUT2D eigenvalue weighted by molar-refractivity contribution is -0.386. The van der Waals surface area contributed by atoms with E-state index in [2.05, 4.69) is 4.98 Å². The predicted octanol–water partition coefficient (Wildman–Crippen LogP) is 2.29. The zero-order valence-corrected chi connectivity index (χ0v) is 10.5. The van der Waals surface area contributed by atoms with Crippen molar-refractivity contribution < 1.29 is 9.66 Å². The van der Waals surface area contributed by atoms with E-state index in [4.69, 9.17) is 22.1 Å². The zero-order chi connectivity index (χ0) is 13.2. The third-order valence-corrected chi connectivity index (χ3v) is 3.40. The summed E-state index contributed by atoms with van der Waals surface area (Å²) < 4.78 is 5.48. The van der Waals surface area contributed by atoms with Crippen molar-refractivity contribution in [3.8, 4) is 5.75 Å². The van der Waals surface area contributed by atoms with Gasteiger partial charge in [0.05, 0.1) is 10.5 Å². The molecule has 18 heavy (non-hydrogen) atoms. The largest absolute Gasteiger partial charge is 0.484 e. The molecule has 1 fully saturated rings. The lowest BCUT2D eigenvalue weighted by atomic mass is 10.0. The molecule has 1 aromatic rings. The fraction of sp³-hybridized carbons (Fsp3) is 0.545. The monoisotopic (exact) mass is 271 g/mol. The topological polar surface area (TPSA) is 91.3 Å². The highest BCUT2D eigenvalue weighted by molar-refractivity contribution is 6.32. The summed E-state index contributed by atoms with van der Waals surface area (Å²) >= 11 is 5.87. The van der Waals surface area contributed by atoms with Crippen molar-refractivity contribution in [1.29, 1.82) is 0 Å². The number of nitro groups is 1. The van der Waals surface area contributed by atoms with E-state index in [1.165, 1.54) is 6.20 Å². The van der Waals surface area contributed by atoms with Crippen LogP contribution >= 0.6 is 11.6 Å². The van der Waals surface area contributed by atoms with E-state index in [0.29, 0.717) is 0 Å². The molecule has 1 aromatic heterocycles. The first-order chi connectivity index (χ1) is 8.52. The third-order valence-electron chi connectivity index (χ3n) is 3.13. The Bertz CT molecular complexity index is 461. The zero-order valence-electron chi connectivity index (χ0n) is 9.76. The lowest BCUT2D eigenvalue weighted by Crippen LogP contribution is -2.42. The standard InChI is InChI=1S/C11H14ClN3O3/c12-8-5-14-6-9(15(16)17)10(8)18-7-11(13)3-1-2-4-11/h5-6H,1-4,7,13H2. The van der Waals surface area contributed by atoms with Crippen LogP contribution in [0.25, 0.3) is 0 Å². The smallest absolute Gasteiger partial charge is 0.330 e. The molecule has 0 radical (unpaired) electrons. The van der Waals surface area contributed by atoms with Crippen molar-refractivity contribution in [2.75, 3.05) is 6.61 Å². The Morgan fingerprint density at radius 2 is 2.17 bits per heavy atom. The van der Waals surface area contributed by atoms with Crippen molar-refractivity contribution in [2.24, 2.45) is 5.73 Å². The van der Waals surface area contributed by atoms with Gasteiger partial charge in [0, 0.05) is 6.20 Å². The fourth-order valence-corrected chi connectivity index (χ4v) is 2.33. The molecule has 2 N–H and O–H groups in total. The van der Waals surface area contributed by atoms with Crippen molar-refractivity contribution in [3.05, 3.63) is 27.5 Å². The molecule has 7 heteroatoms. The molecule has 0 unspecified atom stereocenters. The van der Waals surface area contributed by atoms with E-state index in [-0.39, 0.29) is 23.1 Å². The first-order valence-corrected chi connectivity index (χ1v) is 6.09. The molecule has 0 atom stereocenters. The predicted molar refractivity (Wildman–Crippen MR) is 66.8 cm³/mol. The van der Waals surface area contributed by atoms with Crippen LogP contribution in [0, 0.1) is 10.1 Å². The maximum atomic E-state index is 10.8. The van der Waals surface area contributed by atoms with Crippen molar-refractivity contribution >= 4 is 17.3 Å². The summed E-state index contributed by atoms with van der Waals surface area (Å²) in [6.45, 7) is 0.234. The van der Waals surface area contributed by atoms with E-state index in [1.54, 1.807) is 0 Å². The van der Waals surface area contributed by atoms with Crippen molar-refractivity contribution in [2.45, 2.75) is 31.2 Å². The first kappa shape index (κ1) is 13.0. The maximum Gasteiger partial charge on any atom is 0.330 e. The molecule has 98 valence electrons. The first-order valence-electron chi connectivity index (χ1n) is 5.71. The molecule has 1 heterocycles. The van der Waals surface area contributed by atoms with Crippen LogP contribution in [0.5, 0.6) is 5.75 Å². The van der Waals surface area contributed by atoms with Gasteiger partial charge in [-0.2, -0.15) is 0 Å². The van der Waals surface area contributed by atoms with Crippen LogP contribution in [0.1, 0.15) is 25.7 Å². The number of hydrogen-bond donors (Lipinski definition) is 1. The van der Waals surface area contributed by atoms with E-state index >= 15 is 0 Å². The van der Waals surface area contributed by atoms with Crippen LogP contribution in [0.4, 0.5) is 5.69 Å². The summed E-state index contributed by atoms with van der Waals surface area (Å²) in [6.07, 6.45) is 6.30. The van der Waals surface area contributed by atoms with Crippen LogP contribution in [0.15, 0.2) is 12.4 Å². The van der Waals surface area contributed by atoms with Gasteiger partial charge in [0.15, 0.2) is 0 Å². The molecule has 1 saturated carbocycles. The summed E-state index contributed by atoms with van der Waals surface area (Å²) in [5, 5.41) is 11.0. The molecular formula is C11H14ClN3O3. The molecule has 0 bridgehead atoms. The number of halogens is 1. The number of rotatable bonds is 4. The average molecular weight is 272 g/mol. The molecule has 0 saturated heterocycles. The molecule has 0 amide bonds. The van der Waals surface area contributed by atoms with Gasteiger partial charge < -0.3 is 10.5 Å². The number of ether oxygens (including phenoxy) is 1. The maximum absolute atomic E-state index is 10.8. The highest BCUT2D eigenvalue weighted by atomic mass is 35.5. The van der Waals surface area contributed by atoms with Crippen LogP contribution in [-0.2, 0) is 0 Å². The molecule has 2 rings (SSSR count). The summed E-state index contributed by atoms with van der Waals surface area (Å²) in [4.78, 5) is 14.0. The molecule has 0 aromatic carbocycles. The van der Waals surface area contributed by atoms with Crippen LogP contribution in [-0.4, -0.2) is 22.1 Å². The van der Waals surface area contributed by atoms with Gasteiger partial charge in [-0.05, 0) is 12.8 Å². The molecule has 6 nitrogen and oxygen atoms in total. The van der Waals surface area contributed by atoms with E-state index < -0.39 is 10.5 Å². The molecule has 1 aliphatic carbocycles. The van der Waals surface area contributed by atoms with Gasteiger partial charge in [0.25, 0.3) is 0 Å². The average Bonchev–Trinajstić information content (AvgIpc) is 2.74. The Labute approximate surface area is 109 Å². The quantitative estimate of drug-likeness (QED) is 0.670. The van der Waals surface area contributed by atoms with Gasteiger partial charge in [0.1, 0.15) is 17.8 Å². The second kappa shape index (κ2) is 5.07. The minimum absolute atomic E-state index is 0.0494. The normalized spacial score (nSPS) is 17.7. The number of aromatic nitrogens is 1. The molecule has 0 spiro atoms. The summed E-state index contributed by atoms with van der Waals surface area (Å²) in [6, 6.07) is 0. The van der Waals surface area contributed by atoms with Crippen LogP contribution in [0.3, 0.4) is 0 Å². The van der Waals surface area contributed by atoms with Crippen molar-refractivity contribution in [3.63, 3.8) is 0 Å². The Morgan fingerprint density at radius 1 is 1.50 bits per heavy atom. The minimum Gasteiger partial charge on any atom is -0.484 e. The van der Waals surface area contributed by atoms with Gasteiger partial charge in [-0.1, -0.05) is 24.4 Å². The molecular weight excluding hydrogens is 258 g/mol. The van der Waals surface area contributed by atoms with Gasteiger partial charge in [-0.15, -0.1) is 0 Å². The van der Waals surface area contributed by atoms with E-state index in [0.717, 1.165) is 31.9 Å². The van der Waals surface area contributed by atoms with E-state index in [1.807, 2.05) is 0 Å². The Kier molecular flexibility index (Phi) is 3.68. The second-order valence-electron chi connectivity index (χ2n) is 4.58. The van der Waals surface area contributed by atoms with Crippen molar-refractivity contribution in [1.82, 2.24) is 4.98 Å². The molecule has 1 aliphatic rings. The summed E-state index contributed by atoms with van der Waals surface area (Å²) in [5.41, 5.74) is 5.49. The second-order valence-corrected chi connectivity index (χ2v) is 4.99. The van der Waals surface area contributed by atoms with Crippen LogP contribution < -0.4 is 10.5 Å². The SMILES string of the molecule is NC1(COc2c(Cl)cncc2[N+](=O)[O-])CCCC1. The fourth-order valence-electron chi connectivity index (χ4n) is 2.13.